The largest absolute Gasteiger partial charge is 0.358 e. The molecule has 4 heterocycles. The van der Waals surface area contributed by atoms with Gasteiger partial charge in [-0.3, -0.25) is 14.7 Å². The van der Waals surface area contributed by atoms with E-state index in [1.165, 1.54) is 22.2 Å². The number of hydrogen-bond acceptors (Lipinski definition) is 4. The summed E-state index contributed by atoms with van der Waals surface area (Å²) in [6.07, 6.45) is 3.97. The van der Waals surface area contributed by atoms with Gasteiger partial charge in [0, 0.05) is 49.2 Å². The average Bonchev–Trinajstić information content (AvgIpc) is 3.04. The summed E-state index contributed by atoms with van der Waals surface area (Å²) >= 11 is 0. The van der Waals surface area contributed by atoms with Crippen LogP contribution in [-0.2, 0) is 19.5 Å². The summed E-state index contributed by atoms with van der Waals surface area (Å²) in [4.78, 5) is 30.9. The number of aromatic amines is 2. The lowest BCUT2D eigenvalue weighted by molar-refractivity contribution is 0.242. The second-order valence-electron chi connectivity index (χ2n) is 7.86. The Kier molecular flexibility index (Phi) is 4.36. The lowest BCUT2D eigenvalue weighted by atomic mass is 10.0. The fourth-order valence-electron chi connectivity index (χ4n) is 4.41. The number of aromatic nitrogens is 3. The number of nitrogens with one attached hydrogen (secondary N) is 2. The number of para-hydroxylation sites is 1. The van der Waals surface area contributed by atoms with Gasteiger partial charge in [0.15, 0.2) is 5.82 Å². The summed E-state index contributed by atoms with van der Waals surface area (Å²) in [5.74, 6) is 0.685. The summed E-state index contributed by atoms with van der Waals surface area (Å²) < 4.78 is 0. The van der Waals surface area contributed by atoms with Crippen molar-refractivity contribution >= 4 is 16.6 Å². The molecule has 0 fully saturated rings. The van der Waals surface area contributed by atoms with E-state index in [1.807, 2.05) is 0 Å². The second-order valence-corrected chi connectivity index (χ2v) is 7.86. The summed E-state index contributed by atoms with van der Waals surface area (Å²) in [5.41, 5.74) is 6.39. The Labute approximate surface area is 163 Å². The SMILES string of the molecule is Cc1[nH]c2ccccc2c1CN1CCc2nc(C3=NCCCC3)[nH]c(=O)c2C1. The standard InChI is InChI=1S/C22H25N5O/c1-14-16(15-6-2-3-7-18(15)24-14)12-27-11-9-19-17(13-27)22(28)26-21(25-19)20-8-4-5-10-23-20/h2-3,6-7,24H,4-5,8-13H2,1H3,(H,25,26,28). The summed E-state index contributed by atoms with van der Waals surface area (Å²) in [6, 6.07) is 8.41. The highest BCUT2D eigenvalue weighted by molar-refractivity contribution is 5.97. The summed E-state index contributed by atoms with van der Waals surface area (Å²) in [7, 11) is 0. The molecule has 3 aromatic rings. The molecule has 1 aromatic carbocycles. The molecule has 0 saturated carbocycles. The molecule has 0 amide bonds. The van der Waals surface area contributed by atoms with E-state index in [4.69, 9.17) is 4.98 Å². The van der Waals surface area contributed by atoms with E-state index in [0.29, 0.717) is 12.4 Å². The molecule has 6 heteroatoms. The van der Waals surface area contributed by atoms with Crippen LogP contribution in [0.2, 0.25) is 0 Å². The van der Waals surface area contributed by atoms with Crippen LogP contribution in [0.1, 0.15) is 47.6 Å². The van der Waals surface area contributed by atoms with Crippen molar-refractivity contribution in [2.45, 2.75) is 45.7 Å². The molecule has 6 nitrogen and oxygen atoms in total. The number of aliphatic imine (C=N–C) groups is 1. The van der Waals surface area contributed by atoms with Crippen molar-refractivity contribution in [2.75, 3.05) is 13.1 Å². The molecule has 2 aliphatic heterocycles. The molecular formula is C22H25N5O. The Hall–Kier alpha value is -2.73. The van der Waals surface area contributed by atoms with Gasteiger partial charge in [-0.25, -0.2) is 4.98 Å². The van der Waals surface area contributed by atoms with Crippen molar-refractivity contribution in [2.24, 2.45) is 4.99 Å². The quantitative estimate of drug-likeness (QED) is 0.738. The lowest BCUT2D eigenvalue weighted by Gasteiger charge is -2.28. The van der Waals surface area contributed by atoms with E-state index in [0.717, 1.165) is 62.3 Å². The number of H-pyrrole nitrogens is 2. The molecule has 0 atom stereocenters. The highest BCUT2D eigenvalue weighted by Gasteiger charge is 2.23. The number of aryl methyl sites for hydroxylation is 1. The van der Waals surface area contributed by atoms with E-state index < -0.39 is 0 Å². The Morgan fingerprint density at radius 1 is 1.14 bits per heavy atom. The first-order chi connectivity index (χ1) is 13.7. The van der Waals surface area contributed by atoms with Crippen molar-refractivity contribution in [1.29, 1.82) is 0 Å². The molecule has 0 saturated heterocycles. The Balaban J connectivity index is 1.41. The molecule has 144 valence electrons. The Morgan fingerprint density at radius 3 is 2.89 bits per heavy atom. The molecule has 0 unspecified atom stereocenters. The number of benzene rings is 1. The lowest BCUT2D eigenvalue weighted by Crippen LogP contribution is -2.36. The third-order valence-corrected chi connectivity index (χ3v) is 5.95. The summed E-state index contributed by atoms with van der Waals surface area (Å²) in [6.45, 7) is 5.35. The van der Waals surface area contributed by atoms with Crippen LogP contribution in [0.5, 0.6) is 0 Å². The van der Waals surface area contributed by atoms with Crippen LogP contribution in [0.25, 0.3) is 10.9 Å². The van der Waals surface area contributed by atoms with E-state index in [9.17, 15) is 4.79 Å². The first kappa shape index (κ1) is 17.4. The van der Waals surface area contributed by atoms with Crippen molar-refractivity contribution in [3.63, 3.8) is 0 Å². The maximum absolute atomic E-state index is 12.8. The van der Waals surface area contributed by atoms with Crippen molar-refractivity contribution in [1.82, 2.24) is 19.9 Å². The number of hydrogen-bond donors (Lipinski definition) is 2. The minimum Gasteiger partial charge on any atom is -0.358 e. The number of rotatable bonds is 3. The minimum atomic E-state index is -0.00591. The molecule has 2 aliphatic rings. The van der Waals surface area contributed by atoms with Crippen LogP contribution >= 0.6 is 0 Å². The van der Waals surface area contributed by atoms with E-state index in [-0.39, 0.29) is 5.56 Å². The molecule has 28 heavy (non-hydrogen) atoms. The Bertz CT molecular complexity index is 1120. The topological polar surface area (TPSA) is 77.1 Å². The molecule has 0 radical (unpaired) electrons. The maximum atomic E-state index is 12.8. The van der Waals surface area contributed by atoms with Crippen LogP contribution in [0.4, 0.5) is 0 Å². The van der Waals surface area contributed by atoms with Crippen LogP contribution in [0.15, 0.2) is 34.1 Å². The van der Waals surface area contributed by atoms with E-state index >= 15 is 0 Å². The van der Waals surface area contributed by atoms with Gasteiger partial charge in [0.25, 0.3) is 5.56 Å². The van der Waals surface area contributed by atoms with E-state index in [1.54, 1.807) is 0 Å². The van der Waals surface area contributed by atoms with Crippen LogP contribution in [0.3, 0.4) is 0 Å². The zero-order valence-corrected chi connectivity index (χ0v) is 16.2. The fourth-order valence-corrected chi connectivity index (χ4v) is 4.41. The first-order valence-corrected chi connectivity index (χ1v) is 10.1. The molecule has 0 aliphatic carbocycles. The molecule has 2 N–H and O–H groups in total. The average molecular weight is 375 g/mol. The van der Waals surface area contributed by atoms with Crippen LogP contribution in [0, 0.1) is 6.92 Å². The molecule has 5 rings (SSSR count). The van der Waals surface area contributed by atoms with Gasteiger partial charge in [0.05, 0.1) is 17.0 Å². The summed E-state index contributed by atoms with van der Waals surface area (Å²) in [5, 5.41) is 1.27. The zero-order valence-electron chi connectivity index (χ0n) is 16.2. The van der Waals surface area contributed by atoms with Crippen LogP contribution < -0.4 is 5.56 Å². The third-order valence-electron chi connectivity index (χ3n) is 5.95. The van der Waals surface area contributed by atoms with Crippen LogP contribution in [-0.4, -0.2) is 38.7 Å². The van der Waals surface area contributed by atoms with Gasteiger partial charge < -0.3 is 9.97 Å². The smallest absolute Gasteiger partial charge is 0.255 e. The number of fused-ring (bicyclic) bond motifs is 2. The highest BCUT2D eigenvalue weighted by Crippen LogP contribution is 2.25. The first-order valence-electron chi connectivity index (χ1n) is 10.1. The fraction of sp³-hybridized carbons (Fsp3) is 0.409. The van der Waals surface area contributed by atoms with Crippen molar-refractivity contribution in [3.05, 3.63) is 63.0 Å². The number of nitrogens with zero attached hydrogens (tertiary/aromatic N) is 3. The van der Waals surface area contributed by atoms with Crippen molar-refractivity contribution < 1.29 is 0 Å². The van der Waals surface area contributed by atoms with Gasteiger partial charge in [0.2, 0.25) is 0 Å². The predicted octanol–water partition coefficient (Wildman–Crippen LogP) is 3.09. The van der Waals surface area contributed by atoms with Gasteiger partial charge in [-0.15, -0.1) is 0 Å². The zero-order chi connectivity index (χ0) is 19.1. The second kappa shape index (κ2) is 7.02. The van der Waals surface area contributed by atoms with Gasteiger partial charge >= 0.3 is 0 Å². The minimum absolute atomic E-state index is 0.00591. The molecular weight excluding hydrogens is 350 g/mol. The van der Waals surface area contributed by atoms with Crippen molar-refractivity contribution in [3.8, 4) is 0 Å². The van der Waals surface area contributed by atoms with Gasteiger partial charge in [0.1, 0.15) is 0 Å². The van der Waals surface area contributed by atoms with Gasteiger partial charge in [-0.05, 0) is 37.8 Å². The maximum Gasteiger partial charge on any atom is 0.255 e. The molecule has 0 spiro atoms. The highest BCUT2D eigenvalue weighted by atomic mass is 16.1. The molecule has 0 bridgehead atoms. The third kappa shape index (κ3) is 3.07. The predicted molar refractivity (Wildman–Crippen MR) is 111 cm³/mol. The monoisotopic (exact) mass is 375 g/mol. The van der Waals surface area contributed by atoms with E-state index in [2.05, 4.69) is 51.0 Å². The molecule has 2 aromatic heterocycles. The van der Waals surface area contributed by atoms with Gasteiger partial charge in [-0.1, -0.05) is 18.2 Å². The van der Waals surface area contributed by atoms with Gasteiger partial charge in [-0.2, -0.15) is 0 Å². The Morgan fingerprint density at radius 2 is 2.04 bits per heavy atom. The normalized spacial score (nSPS) is 17.5.